The van der Waals surface area contributed by atoms with Crippen LogP contribution in [-0.2, 0) is 14.3 Å². The SMILES string of the molecule is C=C(CCCNCC(C)CN(CCCCCCCCCCCCCC)CCCCN(CCCCCCCCCCCCCC)CC(O)CNCCCC(=O)OCCCCCCCCCCCCCCC)OCCCCCCCCCCCCCCC. The number of carbonyl (C=O) groups is 1. The molecule has 0 aliphatic heterocycles. The number of aliphatic hydroxyl groups is 1. The second-order valence-electron chi connectivity index (χ2n) is 27.6. The van der Waals surface area contributed by atoms with Crippen LogP contribution in [0.3, 0.4) is 0 Å². The topological polar surface area (TPSA) is 86.3 Å². The minimum Gasteiger partial charge on any atom is -0.499 e. The Hall–Kier alpha value is -1.19. The summed E-state index contributed by atoms with van der Waals surface area (Å²) in [5.41, 5.74) is 0. The van der Waals surface area contributed by atoms with Gasteiger partial charge in [0.15, 0.2) is 0 Å². The second kappa shape index (κ2) is 72.9. The molecule has 0 radical (unpaired) electrons. The lowest BCUT2D eigenvalue weighted by Crippen LogP contribution is -2.40. The van der Waals surface area contributed by atoms with E-state index >= 15 is 0 Å². The van der Waals surface area contributed by atoms with Gasteiger partial charge in [0.1, 0.15) is 0 Å². The summed E-state index contributed by atoms with van der Waals surface area (Å²) in [5.74, 6) is 1.49. The summed E-state index contributed by atoms with van der Waals surface area (Å²) in [6, 6.07) is 0. The van der Waals surface area contributed by atoms with Gasteiger partial charge >= 0.3 is 5.97 Å². The molecule has 514 valence electrons. The van der Waals surface area contributed by atoms with Crippen molar-refractivity contribution in [1.29, 1.82) is 0 Å². The van der Waals surface area contributed by atoms with Crippen molar-refractivity contribution in [2.75, 3.05) is 78.7 Å². The van der Waals surface area contributed by atoms with Gasteiger partial charge in [-0.25, -0.2) is 0 Å². The van der Waals surface area contributed by atoms with Crippen molar-refractivity contribution in [3.8, 4) is 0 Å². The Bertz CT molecular complexity index is 1210. The highest BCUT2D eigenvalue weighted by atomic mass is 16.5. The summed E-state index contributed by atoms with van der Waals surface area (Å²) in [7, 11) is 0. The Morgan fingerprint density at radius 3 is 0.965 bits per heavy atom. The number of aliphatic hydroxyl groups excluding tert-OH is 1. The van der Waals surface area contributed by atoms with E-state index in [0.29, 0.717) is 25.5 Å². The van der Waals surface area contributed by atoms with Crippen LogP contribution in [0.5, 0.6) is 0 Å². The lowest BCUT2D eigenvalue weighted by molar-refractivity contribution is -0.143. The van der Waals surface area contributed by atoms with E-state index in [9.17, 15) is 9.90 Å². The lowest BCUT2D eigenvalue weighted by atomic mass is 10.0. The third-order valence-electron chi connectivity index (χ3n) is 18.4. The number of unbranched alkanes of at least 4 members (excludes halogenated alkanes) is 47. The molecule has 86 heavy (non-hydrogen) atoms. The minimum absolute atomic E-state index is 0.0764. The Kier molecular flexibility index (Phi) is 71.9. The van der Waals surface area contributed by atoms with Gasteiger partial charge in [0.2, 0.25) is 0 Å². The Morgan fingerprint density at radius 1 is 0.349 bits per heavy atom. The van der Waals surface area contributed by atoms with Crippen LogP contribution in [0.4, 0.5) is 0 Å². The van der Waals surface area contributed by atoms with E-state index in [1.54, 1.807) is 0 Å². The zero-order valence-electron chi connectivity index (χ0n) is 59.5. The summed E-state index contributed by atoms with van der Waals surface area (Å²) in [6.07, 6.45) is 73.4. The molecule has 0 bridgehead atoms. The molecule has 0 saturated heterocycles. The second-order valence-corrected chi connectivity index (χ2v) is 27.6. The Balaban J connectivity index is 4.92. The molecule has 0 aliphatic carbocycles. The molecule has 3 N–H and O–H groups in total. The maximum Gasteiger partial charge on any atom is 0.305 e. The number of esters is 1. The minimum atomic E-state index is -0.412. The van der Waals surface area contributed by atoms with Crippen molar-refractivity contribution in [3.63, 3.8) is 0 Å². The number of ether oxygens (including phenoxy) is 2. The molecule has 8 heteroatoms. The number of hydrogen-bond donors (Lipinski definition) is 3. The zero-order chi connectivity index (χ0) is 62.4. The summed E-state index contributed by atoms with van der Waals surface area (Å²) < 4.78 is 11.6. The number of rotatable bonds is 76. The number of nitrogens with zero attached hydrogens (tertiary/aromatic N) is 2. The number of hydrogen-bond acceptors (Lipinski definition) is 8. The number of nitrogens with one attached hydrogen (secondary N) is 2. The van der Waals surface area contributed by atoms with Gasteiger partial charge in [0.05, 0.1) is 25.1 Å². The average Bonchev–Trinajstić information content (AvgIpc) is 3.52. The van der Waals surface area contributed by atoms with Crippen molar-refractivity contribution in [2.45, 2.75) is 400 Å². The van der Waals surface area contributed by atoms with Crippen LogP contribution in [0, 0.1) is 5.92 Å². The van der Waals surface area contributed by atoms with Gasteiger partial charge in [-0.05, 0) is 103 Å². The fraction of sp³-hybridized carbons (Fsp3) is 0.962. The third-order valence-corrected chi connectivity index (χ3v) is 18.4. The molecule has 0 aromatic rings. The van der Waals surface area contributed by atoms with Crippen LogP contribution in [0.2, 0.25) is 0 Å². The first-order chi connectivity index (χ1) is 42.4. The predicted octanol–water partition coefficient (Wildman–Crippen LogP) is 22.8. The van der Waals surface area contributed by atoms with Crippen molar-refractivity contribution in [1.82, 2.24) is 20.4 Å². The van der Waals surface area contributed by atoms with E-state index < -0.39 is 6.10 Å². The molecular weight excluding hydrogens is 1060 g/mol. The van der Waals surface area contributed by atoms with Gasteiger partial charge in [-0.2, -0.15) is 0 Å². The standard InChI is InChI=1S/C78H158N4O4/c1-7-11-15-19-23-27-31-35-39-43-47-51-57-69-85-76(6)61-59-63-79-71-75(5)73-81(65-53-49-45-41-37-33-29-25-21-17-13-9-3)67-55-56-68-82(66-54-50-46-42-38-34-30-26-22-18-14-10-4)74-77(83)72-80-64-60-62-78(84)86-70-58-52-48-44-40-36-32-28-24-20-16-12-8-2/h75,77,79-80,83H,6-74H2,1-5H3. The maximum atomic E-state index is 12.5. The fourth-order valence-corrected chi connectivity index (χ4v) is 12.7. The van der Waals surface area contributed by atoms with E-state index in [-0.39, 0.29) is 5.97 Å². The van der Waals surface area contributed by atoms with Crippen molar-refractivity contribution < 1.29 is 19.4 Å². The van der Waals surface area contributed by atoms with E-state index in [0.717, 1.165) is 103 Å². The molecular formula is C78H158N4O4. The first-order valence-corrected chi connectivity index (χ1v) is 39.4. The van der Waals surface area contributed by atoms with E-state index in [1.165, 1.54) is 321 Å². The molecule has 0 aliphatic rings. The van der Waals surface area contributed by atoms with E-state index in [4.69, 9.17) is 9.47 Å². The third kappa shape index (κ3) is 68.7. The molecule has 0 saturated carbocycles. The van der Waals surface area contributed by atoms with Crippen molar-refractivity contribution in [3.05, 3.63) is 12.3 Å². The maximum absolute atomic E-state index is 12.5. The normalized spacial score (nSPS) is 12.5. The quantitative estimate of drug-likeness (QED) is 0.0316. The Labute approximate surface area is 540 Å². The molecule has 0 fully saturated rings. The first kappa shape index (κ1) is 84.8. The first-order valence-electron chi connectivity index (χ1n) is 39.4. The van der Waals surface area contributed by atoms with Crippen LogP contribution < -0.4 is 10.6 Å². The molecule has 0 aromatic carbocycles. The zero-order valence-corrected chi connectivity index (χ0v) is 59.5. The summed E-state index contributed by atoms with van der Waals surface area (Å²) >= 11 is 0. The lowest BCUT2D eigenvalue weighted by Gasteiger charge is -2.28. The summed E-state index contributed by atoms with van der Waals surface area (Å²) in [6.45, 7) is 27.1. The van der Waals surface area contributed by atoms with Crippen molar-refractivity contribution in [2.24, 2.45) is 5.92 Å². The van der Waals surface area contributed by atoms with Crippen molar-refractivity contribution >= 4 is 5.97 Å². The van der Waals surface area contributed by atoms with E-state index in [1.807, 2.05) is 0 Å². The largest absolute Gasteiger partial charge is 0.499 e. The molecule has 2 atom stereocenters. The average molecular weight is 1220 g/mol. The van der Waals surface area contributed by atoms with Gasteiger partial charge in [-0.15, -0.1) is 0 Å². The van der Waals surface area contributed by atoms with Crippen LogP contribution in [0.15, 0.2) is 12.3 Å². The smallest absolute Gasteiger partial charge is 0.305 e. The summed E-state index contributed by atoms with van der Waals surface area (Å²) in [5, 5.41) is 18.6. The highest BCUT2D eigenvalue weighted by Gasteiger charge is 2.15. The molecule has 0 rings (SSSR count). The molecule has 0 spiro atoms. The van der Waals surface area contributed by atoms with Gasteiger partial charge in [-0.3, -0.25) is 4.79 Å². The Morgan fingerprint density at radius 2 is 0.616 bits per heavy atom. The van der Waals surface area contributed by atoms with Crippen LogP contribution in [0.25, 0.3) is 0 Å². The fourth-order valence-electron chi connectivity index (χ4n) is 12.7. The molecule has 8 nitrogen and oxygen atoms in total. The van der Waals surface area contributed by atoms with Gasteiger partial charge in [0, 0.05) is 32.5 Å². The highest BCUT2D eigenvalue weighted by Crippen LogP contribution is 2.18. The number of allylic oxidation sites excluding steroid dienone is 1. The molecule has 0 aromatic heterocycles. The van der Waals surface area contributed by atoms with Crippen LogP contribution in [0.1, 0.15) is 394 Å². The van der Waals surface area contributed by atoms with Gasteiger partial charge in [0.25, 0.3) is 0 Å². The monoisotopic (exact) mass is 1220 g/mol. The molecule has 2 unspecified atom stereocenters. The molecule has 0 amide bonds. The predicted molar refractivity (Wildman–Crippen MR) is 381 cm³/mol. The molecule has 0 heterocycles. The van der Waals surface area contributed by atoms with Crippen LogP contribution >= 0.6 is 0 Å². The highest BCUT2D eigenvalue weighted by molar-refractivity contribution is 5.69. The van der Waals surface area contributed by atoms with Gasteiger partial charge < -0.3 is 35.0 Å². The van der Waals surface area contributed by atoms with Crippen LogP contribution in [-0.4, -0.2) is 106 Å². The van der Waals surface area contributed by atoms with Gasteiger partial charge in [-0.1, -0.05) is 337 Å². The van der Waals surface area contributed by atoms with E-state index in [2.05, 4.69) is 61.6 Å². The summed E-state index contributed by atoms with van der Waals surface area (Å²) in [4.78, 5) is 17.8. The number of carbonyl (C=O) groups excluding carboxylic acids is 1.